The number of rotatable bonds is 9. The monoisotopic (exact) mass is 398 g/mol. The zero-order valence-electron chi connectivity index (χ0n) is 12.1. The van der Waals surface area contributed by atoms with Gasteiger partial charge in [-0.05, 0) is 0 Å². The molecule has 8 nitrogen and oxygen atoms in total. The van der Waals surface area contributed by atoms with Crippen LogP contribution in [0.5, 0.6) is 0 Å². The summed E-state index contributed by atoms with van der Waals surface area (Å²) in [6.45, 7) is 3.78. The van der Waals surface area contributed by atoms with Gasteiger partial charge in [-0.25, -0.2) is 9.59 Å². The smallest absolute Gasteiger partial charge is 0.430 e. The van der Waals surface area contributed by atoms with E-state index in [4.69, 9.17) is 4.55 Å². The van der Waals surface area contributed by atoms with Crippen molar-refractivity contribution in [2.24, 2.45) is 0 Å². The van der Waals surface area contributed by atoms with Crippen LogP contribution in [0.3, 0.4) is 0 Å². The van der Waals surface area contributed by atoms with E-state index in [2.05, 4.69) is 27.4 Å². The van der Waals surface area contributed by atoms with Gasteiger partial charge in [-0.15, -0.1) is 0 Å². The molecule has 0 aliphatic heterocycles. The highest BCUT2D eigenvalue weighted by Gasteiger charge is 2.68. The van der Waals surface area contributed by atoms with Crippen molar-refractivity contribution < 1.29 is 58.7 Å². The lowest BCUT2D eigenvalue weighted by Crippen LogP contribution is -2.58. The zero-order valence-corrected chi connectivity index (χ0v) is 12.9. The fourth-order valence-electron chi connectivity index (χ4n) is 1.16. The lowest BCUT2D eigenvalue weighted by molar-refractivity contribution is -0.354. The van der Waals surface area contributed by atoms with Gasteiger partial charge >= 0.3 is 39.3 Å². The summed E-state index contributed by atoms with van der Waals surface area (Å²) < 4.78 is 106. The van der Waals surface area contributed by atoms with Crippen molar-refractivity contribution in [1.29, 1.82) is 0 Å². The molecule has 1 atom stereocenters. The van der Waals surface area contributed by atoms with Crippen LogP contribution in [0.1, 0.15) is 6.42 Å². The molecule has 0 fully saturated rings. The van der Waals surface area contributed by atoms with E-state index in [9.17, 15) is 40.0 Å². The van der Waals surface area contributed by atoms with Crippen LogP contribution in [0, 0.1) is 0 Å². The van der Waals surface area contributed by atoms with Crippen LogP contribution >= 0.6 is 0 Å². The van der Waals surface area contributed by atoms with Gasteiger partial charge < -0.3 is 14.2 Å². The Labute approximate surface area is 137 Å². The highest BCUT2D eigenvalue weighted by Crippen LogP contribution is 2.37. The van der Waals surface area contributed by atoms with Crippen molar-refractivity contribution in [3.05, 3.63) is 25.5 Å². The maximum atomic E-state index is 13.2. The number of halogens is 5. The molecule has 144 valence electrons. The number of alkyl halides is 5. The van der Waals surface area contributed by atoms with Crippen LogP contribution in [0.25, 0.3) is 0 Å². The Morgan fingerprint density at radius 3 is 2.00 bits per heavy atom. The number of hydrogen-bond acceptors (Lipinski definition) is 7. The third-order valence-electron chi connectivity index (χ3n) is 2.32. The van der Waals surface area contributed by atoms with E-state index in [-0.39, 0.29) is 12.3 Å². The van der Waals surface area contributed by atoms with E-state index in [1.54, 1.807) is 0 Å². The molecular formula is C11H11F5O8S. The van der Waals surface area contributed by atoms with Crippen molar-refractivity contribution in [2.75, 3.05) is 6.61 Å². The fraction of sp³-hybridized carbons (Fsp3) is 0.455. The third-order valence-corrected chi connectivity index (χ3v) is 3.28. The van der Waals surface area contributed by atoms with Crippen molar-refractivity contribution >= 4 is 22.1 Å². The van der Waals surface area contributed by atoms with Crippen molar-refractivity contribution in [3.63, 3.8) is 0 Å². The number of ether oxygens (including phenoxy) is 3. The first-order chi connectivity index (χ1) is 11.1. The second kappa shape index (κ2) is 7.88. The molecular weight excluding hydrogens is 387 g/mol. The summed E-state index contributed by atoms with van der Waals surface area (Å²) in [5, 5.41) is -4.89. The molecule has 0 radical (unpaired) electrons. The molecule has 0 saturated carbocycles. The summed E-state index contributed by atoms with van der Waals surface area (Å²) in [5.74, 6) is -8.73. The largest absolute Gasteiger partial charge is 0.468 e. The van der Waals surface area contributed by atoms with E-state index < -0.39 is 52.3 Å². The molecule has 14 heteroatoms. The van der Waals surface area contributed by atoms with Gasteiger partial charge in [0.25, 0.3) is 0 Å². The van der Waals surface area contributed by atoms with E-state index >= 15 is 0 Å². The van der Waals surface area contributed by atoms with Crippen molar-refractivity contribution in [1.82, 2.24) is 0 Å². The van der Waals surface area contributed by atoms with E-state index in [1.165, 1.54) is 0 Å². The molecule has 1 N–H and O–H groups in total. The Balaban J connectivity index is 5.72. The van der Waals surface area contributed by atoms with Gasteiger partial charge in [-0.3, -0.25) is 4.55 Å². The summed E-state index contributed by atoms with van der Waals surface area (Å²) >= 11 is 0. The standard InChI is InChI=1S/C11H11F5O8S/c1-3-7(17)24-10(11(14,15)16,8(18)22-4-2)23-6-5-9(12,13)25(19,20)21/h3-4H,1-2,5-6H2,(H,19,20,21). The molecule has 0 aromatic rings. The lowest BCUT2D eigenvalue weighted by atomic mass is 10.2. The Morgan fingerprint density at radius 2 is 1.64 bits per heavy atom. The second-order valence-electron chi connectivity index (χ2n) is 4.02. The summed E-state index contributed by atoms with van der Waals surface area (Å²) in [5.41, 5.74) is 0. The fourth-order valence-corrected chi connectivity index (χ4v) is 1.51. The summed E-state index contributed by atoms with van der Waals surface area (Å²) in [7, 11) is -5.96. The first-order valence-electron chi connectivity index (χ1n) is 5.87. The Bertz CT molecular complexity index is 641. The Morgan fingerprint density at radius 1 is 1.12 bits per heavy atom. The van der Waals surface area contributed by atoms with Crippen LogP contribution in [-0.2, 0) is 33.9 Å². The minimum Gasteiger partial charge on any atom is -0.430 e. The van der Waals surface area contributed by atoms with Crippen LogP contribution in [-0.4, -0.2) is 48.7 Å². The predicted molar refractivity (Wildman–Crippen MR) is 68.4 cm³/mol. The quantitative estimate of drug-likeness (QED) is 0.155. The zero-order chi connectivity index (χ0) is 20.1. The van der Waals surface area contributed by atoms with Crippen molar-refractivity contribution in [3.8, 4) is 0 Å². The molecule has 0 aliphatic rings. The molecule has 1 unspecified atom stereocenters. The minimum atomic E-state index is -5.96. The summed E-state index contributed by atoms with van der Waals surface area (Å²) in [4.78, 5) is 22.6. The molecule has 0 spiro atoms. The maximum Gasteiger partial charge on any atom is 0.468 e. The molecule has 0 amide bonds. The molecule has 0 rings (SSSR count). The average Bonchev–Trinajstić information content (AvgIpc) is 2.43. The Kier molecular flexibility index (Phi) is 7.23. The lowest BCUT2D eigenvalue weighted by Gasteiger charge is -2.31. The molecule has 0 aromatic heterocycles. The average molecular weight is 398 g/mol. The summed E-state index contributed by atoms with van der Waals surface area (Å²) in [6.07, 6.45) is -7.41. The number of hydrogen-bond donors (Lipinski definition) is 1. The van der Waals surface area contributed by atoms with Gasteiger partial charge in [-0.2, -0.15) is 30.4 Å². The number of esters is 2. The maximum absolute atomic E-state index is 13.2. The van der Waals surface area contributed by atoms with Crippen molar-refractivity contribution in [2.45, 2.75) is 23.6 Å². The van der Waals surface area contributed by atoms with Crippen LogP contribution in [0.4, 0.5) is 22.0 Å². The predicted octanol–water partition coefficient (Wildman–Crippen LogP) is 1.55. The second-order valence-corrected chi connectivity index (χ2v) is 5.57. The normalized spacial score (nSPS) is 15.0. The summed E-state index contributed by atoms with van der Waals surface area (Å²) in [6, 6.07) is 0. The van der Waals surface area contributed by atoms with E-state index in [1.807, 2.05) is 0 Å². The van der Waals surface area contributed by atoms with Crippen LogP contribution in [0.15, 0.2) is 25.5 Å². The number of carbonyl (C=O) groups is 2. The molecule has 0 bridgehead atoms. The van der Waals surface area contributed by atoms with Gasteiger partial charge in [0.15, 0.2) is 0 Å². The number of carbonyl (C=O) groups excluding carboxylic acids is 2. The highest BCUT2D eigenvalue weighted by atomic mass is 32.2. The minimum absolute atomic E-state index is 0.206. The van der Waals surface area contributed by atoms with Gasteiger partial charge in [0, 0.05) is 6.08 Å². The third kappa shape index (κ3) is 5.47. The van der Waals surface area contributed by atoms with Gasteiger partial charge in [0.2, 0.25) is 0 Å². The molecule has 0 saturated heterocycles. The Hall–Kier alpha value is -2.06. The van der Waals surface area contributed by atoms with E-state index in [0.29, 0.717) is 0 Å². The molecule has 25 heavy (non-hydrogen) atoms. The molecule has 0 aromatic carbocycles. The van der Waals surface area contributed by atoms with Gasteiger partial charge in [0.05, 0.1) is 19.3 Å². The molecule has 0 heterocycles. The van der Waals surface area contributed by atoms with Crippen LogP contribution < -0.4 is 0 Å². The first-order valence-corrected chi connectivity index (χ1v) is 7.31. The highest BCUT2D eigenvalue weighted by molar-refractivity contribution is 7.86. The van der Waals surface area contributed by atoms with E-state index in [0.717, 1.165) is 0 Å². The van der Waals surface area contributed by atoms with Crippen LogP contribution in [0.2, 0.25) is 0 Å². The SMILES string of the molecule is C=COC(=O)C(OCCC(F)(F)S(=O)(=O)O)(OC(=O)C=C)C(F)(F)F. The molecule has 0 aliphatic carbocycles. The first kappa shape index (κ1) is 22.9. The van der Waals surface area contributed by atoms with Gasteiger partial charge in [-0.1, -0.05) is 13.2 Å². The topological polar surface area (TPSA) is 116 Å². The van der Waals surface area contributed by atoms with Gasteiger partial charge in [0.1, 0.15) is 0 Å².